The van der Waals surface area contributed by atoms with Crippen molar-refractivity contribution in [3.8, 4) is 0 Å². The van der Waals surface area contributed by atoms with E-state index in [1.54, 1.807) is 4.31 Å². The smallest absolute Gasteiger partial charge is 0.218 e. The number of benzene rings is 1. The van der Waals surface area contributed by atoms with E-state index in [-0.39, 0.29) is 5.75 Å². The molecule has 0 aliphatic carbocycles. The molecular weight excluding hydrogens is 286 g/mol. The quantitative estimate of drug-likeness (QED) is 0.847. The largest absolute Gasteiger partial charge is 0.316 e. The molecule has 0 unspecified atom stereocenters. The van der Waals surface area contributed by atoms with Gasteiger partial charge in [0.05, 0.1) is 5.75 Å². The summed E-state index contributed by atoms with van der Waals surface area (Å²) in [4.78, 5) is 2.28. The van der Waals surface area contributed by atoms with Gasteiger partial charge in [0.2, 0.25) is 10.0 Å². The molecule has 1 aromatic carbocycles. The molecule has 1 heterocycles. The molecule has 0 aromatic heterocycles. The molecule has 1 saturated heterocycles. The Kier molecular flexibility index (Phi) is 5.75. The molecule has 5 nitrogen and oxygen atoms in total. The van der Waals surface area contributed by atoms with Crippen LogP contribution in [0.25, 0.3) is 0 Å². The summed E-state index contributed by atoms with van der Waals surface area (Å²) in [5.41, 5.74) is 2.02. The summed E-state index contributed by atoms with van der Waals surface area (Å²) < 4.78 is 26.5. The summed E-state index contributed by atoms with van der Waals surface area (Å²) >= 11 is 0. The average molecular weight is 311 g/mol. The van der Waals surface area contributed by atoms with Crippen molar-refractivity contribution in [2.24, 2.45) is 0 Å². The van der Waals surface area contributed by atoms with Crippen LogP contribution < -0.4 is 5.32 Å². The van der Waals surface area contributed by atoms with E-state index in [0.717, 1.165) is 37.3 Å². The Hall–Kier alpha value is -0.950. The lowest BCUT2D eigenvalue weighted by atomic mass is 10.1. The molecular formula is C15H25N3O2S. The number of nitrogens with one attached hydrogen (secondary N) is 1. The summed E-state index contributed by atoms with van der Waals surface area (Å²) in [5.74, 6) is 0.0962. The predicted molar refractivity (Wildman–Crippen MR) is 85.5 cm³/mol. The number of hydrogen-bond donors (Lipinski definition) is 1. The first-order valence-corrected chi connectivity index (χ1v) is 9.08. The number of hydrogen-bond acceptors (Lipinski definition) is 4. The molecule has 6 heteroatoms. The molecule has 2 rings (SSSR count). The lowest BCUT2D eigenvalue weighted by Gasteiger charge is -2.33. The maximum Gasteiger partial charge on any atom is 0.218 e. The van der Waals surface area contributed by atoms with Crippen LogP contribution >= 0.6 is 0 Å². The molecule has 118 valence electrons. The van der Waals surface area contributed by atoms with Gasteiger partial charge in [-0.05, 0) is 24.7 Å². The zero-order valence-electron chi connectivity index (χ0n) is 12.9. The van der Waals surface area contributed by atoms with Crippen LogP contribution in [0.5, 0.6) is 0 Å². The number of nitrogens with zero attached hydrogens (tertiary/aromatic N) is 2. The van der Waals surface area contributed by atoms with Crippen molar-refractivity contribution >= 4 is 10.0 Å². The third kappa shape index (κ3) is 4.51. The van der Waals surface area contributed by atoms with E-state index in [4.69, 9.17) is 0 Å². The maximum absolute atomic E-state index is 12.5. The Morgan fingerprint density at radius 2 is 1.62 bits per heavy atom. The molecule has 1 aliphatic rings. The molecule has 0 saturated carbocycles. The minimum Gasteiger partial charge on any atom is -0.316 e. The van der Waals surface area contributed by atoms with Crippen molar-refractivity contribution < 1.29 is 8.42 Å². The van der Waals surface area contributed by atoms with Gasteiger partial charge in [0.25, 0.3) is 0 Å². The van der Waals surface area contributed by atoms with Crippen LogP contribution in [0.1, 0.15) is 18.1 Å². The van der Waals surface area contributed by atoms with Crippen molar-refractivity contribution in [3.63, 3.8) is 0 Å². The van der Waals surface area contributed by atoms with E-state index >= 15 is 0 Å². The summed E-state index contributed by atoms with van der Waals surface area (Å²) in [5, 5.41) is 3.08. The second-order valence-corrected chi connectivity index (χ2v) is 7.41. The maximum atomic E-state index is 12.5. The van der Waals surface area contributed by atoms with Crippen LogP contribution in [0, 0.1) is 0 Å². The number of rotatable bonds is 6. The van der Waals surface area contributed by atoms with Gasteiger partial charge in [0, 0.05) is 32.7 Å². The van der Waals surface area contributed by atoms with Gasteiger partial charge in [-0.3, -0.25) is 0 Å². The molecule has 1 N–H and O–H groups in total. The van der Waals surface area contributed by atoms with E-state index < -0.39 is 10.0 Å². The molecule has 0 atom stereocenters. The Morgan fingerprint density at radius 3 is 2.14 bits per heavy atom. The van der Waals surface area contributed by atoms with E-state index in [1.807, 2.05) is 31.3 Å². The van der Waals surface area contributed by atoms with Crippen LogP contribution in [0.3, 0.4) is 0 Å². The highest BCUT2D eigenvalue weighted by Gasteiger charge is 2.26. The molecule has 0 bridgehead atoms. The minimum atomic E-state index is -3.20. The van der Waals surface area contributed by atoms with E-state index in [2.05, 4.69) is 17.1 Å². The lowest BCUT2D eigenvalue weighted by molar-refractivity contribution is 0.196. The van der Waals surface area contributed by atoms with E-state index in [1.165, 1.54) is 0 Å². The van der Waals surface area contributed by atoms with Gasteiger partial charge < -0.3 is 10.2 Å². The normalized spacial score (nSPS) is 18.0. The highest BCUT2D eigenvalue weighted by atomic mass is 32.2. The Bertz CT molecular complexity index is 535. The van der Waals surface area contributed by atoms with Gasteiger partial charge in [-0.25, -0.2) is 8.42 Å². The van der Waals surface area contributed by atoms with Crippen LogP contribution in [-0.4, -0.2) is 57.4 Å². The van der Waals surface area contributed by atoms with Crippen LogP contribution in [0.15, 0.2) is 24.3 Å². The fraction of sp³-hybridized carbons (Fsp3) is 0.600. The predicted octanol–water partition coefficient (Wildman–Crippen LogP) is 0.873. The molecule has 0 spiro atoms. The van der Waals surface area contributed by atoms with Gasteiger partial charge in [0.1, 0.15) is 0 Å². The average Bonchev–Trinajstić information content (AvgIpc) is 2.49. The second-order valence-electron chi connectivity index (χ2n) is 5.44. The highest BCUT2D eigenvalue weighted by molar-refractivity contribution is 7.88. The summed E-state index contributed by atoms with van der Waals surface area (Å²) in [6, 6.07) is 7.78. The topological polar surface area (TPSA) is 52.7 Å². The van der Waals surface area contributed by atoms with Crippen molar-refractivity contribution in [1.29, 1.82) is 0 Å². The molecule has 1 aliphatic heterocycles. The monoisotopic (exact) mass is 311 g/mol. The summed E-state index contributed by atoms with van der Waals surface area (Å²) in [7, 11) is -1.30. The Balaban J connectivity index is 1.97. The van der Waals surface area contributed by atoms with E-state index in [0.29, 0.717) is 13.1 Å². The van der Waals surface area contributed by atoms with Gasteiger partial charge in [-0.1, -0.05) is 31.2 Å². The van der Waals surface area contributed by atoms with Crippen LogP contribution in [0.2, 0.25) is 0 Å². The molecule has 1 aromatic rings. The van der Waals surface area contributed by atoms with Gasteiger partial charge in [-0.15, -0.1) is 0 Å². The summed E-state index contributed by atoms with van der Waals surface area (Å²) in [6.07, 6.45) is 0. The molecule has 0 amide bonds. The third-order valence-corrected chi connectivity index (χ3v) is 5.77. The minimum absolute atomic E-state index is 0.0962. The second kappa shape index (κ2) is 7.35. The fourth-order valence-corrected chi connectivity index (χ4v) is 4.10. The Labute approximate surface area is 128 Å². The van der Waals surface area contributed by atoms with Gasteiger partial charge in [-0.2, -0.15) is 4.31 Å². The third-order valence-electron chi connectivity index (χ3n) is 3.92. The van der Waals surface area contributed by atoms with Gasteiger partial charge >= 0.3 is 0 Å². The fourth-order valence-electron chi connectivity index (χ4n) is 2.58. The number of likely N-dealkylation sites (N-methyl/N-ethyl adjacent to an activating group) is 1. The zero-order chi connectivity index (χ0) is 15.3. The first-order valence-electron chi connectivity index (χ1n) is 7.47. The van der Waals surface area contributed by atoms with Crippen LogP contribution in [0.4, 0.5) is 0 Å². The van der Waals surface area contributed by atoms with Crippen molar-refractivity contribution in [2.45, 2.75) is 19.2 Å². The summed E-state index contributed by atoms with van der Waals surface area (Å²) in [6.45, 7) is 6.76. The van der Waals surface area contributed by atoms with Crippen molar-refractivity contribution in [1.82, 2.24) is 14.5 Å². The van der Waals surface area contributed by atoms with Crippen molar-refractivity contribution in [3.05, 3.63) is 35.4 Å². The first kappa shape index (κ1) is 16.4. The SMILES string of the molecule is CCN1CCN(S(=O)(=O)Cc2ccc(CNC)cc2)CC1. The highest BCUT2D eigenvalue weighted by Crippen LogP contribution is 2.14. The number of piperazine rings is 1. The Morgan fingerprint density at radius 1 is 1.05 bits per heavy atom. The molecule has 1 fully saturated rings. The molecule has 21 heavy (non-hydrogen) atoms. The van der Waals surface area contributed by atoms with Crippen molar-refractivity contribution in [2.75, 3.05) is 39.8 Å². The van der Waals surface area contributed by atoms with Crippen LogP contribution in [-0.2, 0) is 22.3 Å². The lowest BCUT2D eigenvalue weighted by Crippen LogP contribution is -2.48. The van der Waals surface area contributed by atoms with E-state index in [9.17, 15) is 8.42 Å². The standard InChI is InChI=1S/C15H25N3O2S/c1-3-17-8-10-18(11-9-17)21(19,20)13-15-6-4-14(5-7-15)12-16-2/h4-7,16H,3,8-13H2,1-2H3. The zero-order valence-corrected chi connectivity index (χ0v) is 13.7. The molecule has 0 radical (unpaired) electrons. The van der Waals surface area contributed by atoms with Gasteiger partial charge in [0.15, 0.2) is 0 Å². The first-order chi connectivity index (χ1) is 10.0. The number of sulfonamides is 1.